The first-order chi connectivity index (χ1) is 13.6. The lowest BCUT2D eigenvalue weighted by Gasteiger charge is -2.07. The van der Waals surface area contributed by atoms with Crippen molar-refractivity contribution in [3.63, 3.8) is 0 Å². The van der Waals surface area contributed by atoms with Crippen molar-refractivity contribution in [2.24, 2.45) is 0 Å². The van der Waals surface area contributed by atoms with Gasteiger partial charge < -0.3 is 15.7 Å². The maximum Gasteiger partial charge on any atom is 0.309 e. The Balaban J connectivity index is 1.91. The Morgan fingerprint density at radius 1 is 0.714 bits per heavy atom. The molecule has 5 heteroatoms. The van der Waals surface area contributed by atoms with Crippen LogP contribution in [0.4, 0.5) is 0 Å². The van der Waals surface area contributed by atoms with Crippen LogP contribution in [0.25, 0.3) is 0 Å². The van der Waals surface area contributed by atoms with Crippen LogP contribution in [0.2, 0.25) is 0 Å². The van der Waals surface area contributed by atoms with Crippen LogP contribution in [0.5, 0.6) is 5.75 Å². The Labute approximate surface area is 170 Å². The third kappa shape index (κ3) is 12.4. The molecule has 5 nitrogen and oxygen atoms in total. The van der Waals surface area contributed by atoms with Crippen molar-refractivity contribution in [2.75, 3.05) is 6.54 Å². The number of nitrogens with one attached hydrogen (secondary N) is 2. The summed E-state index contributed by atoms with van der Waals surface area (Å²) in [5.74, 6) is -1.02. The van der Waals surface area contributed by atoms with E-state index in [1.165, 1.54) is 64.2 Å². The van der Waals surface area contributed by atoms with E-state index in [9.17, 15) is 14.7 Å². The van der Waals surface area contributed by atoms with E-state index in [0.29, 0.717) is 6.54 Å². The number of carbonyl (C=O) groups excluding carboxylic acids is 2. The van der Waals surface area contributed by atoms with Gasteiger partial charge in [-0.3, -0.25) is 9.59 Å². The number of carbonyl (C=O) groups is 2. The van der Waals surface area contributed by atoms with E-state index < -0.39 is 11.8 Å². The lowest BCUT2D eigenvalue weighted by atomic mass is 10.1. The van der Waals surface area contributed by atoms with Crippen molar-refractivity contribution in [3.8, 4) is 5.75 Å². The van der Waals surface area contributed by atoms with Crippen molar-refractivity contribution in [1.29, 1.82) is 0 Å². The van der Waals surface area contributed by atoms with Crippen LogP contribution in [0, 0.1) is 0 Å². The number of phenolic OH excluding ortho intramolecular Hbond substituents is 1. The number of aromatic hydroxyl groups is 1. The third-order valence-corrected chi connectivity index (χ3v) is 4.91. The van der Waals surface area contributed by atoms with Gasteiger partial charge in [-0.15, -0.1) is 0 Å². The summed E-state index contributed by atoms with van der Waals surface area (Å²) in [6.07, 6.45) is 15.3. The van der Waals surface area contributed by atoms with Gasteiger partial charge in [0.2, 0.25) is 0 Å². The van der Waals surface area contributed by atoms with Gasteiger partial charge in [-0.25, -0.2) is 0 Å². The molecule has 0 atom stereocenters. The molecule has 0 saturated heterocycles. The molecule has 0 aliphatic carbocycles. The van der Waals surface area contributed by atoms with Crippen molar-refractivity contribution in [1.82, 2.24) is 10.6 Å². The Morgan fingerprint density at radius 3 is 1.71 bits per heavy atom. The highest BCUT2D eigenvalue weighted by Crippen LogP contribution is 2.12. The zero-order chi connectivity index (χ0) is 20.5. The minimum Gasteiger partial charge on any atom is -0.508 e. The predicted molar refractivity (Wildman–Crippen MR) is 114 cm³/mol. The highest BCUT2D eigenvalue weighted by molar-refractivity contribution is 6.35. The zero-order valence-corrected chi connectivity index (χ0v) is 17.5. The third-order valence-electron chi connectivity index (χ3n) is 4.91. The molecule has 2 amide bonds. The van der Waals surface area contributed by atoms with E-state index in [1.807, 2.05) is 0 Å². The van der Waals surface area contributed by atoms with Crippen LogP contribution in [-0.4, -0.2) is 23.5 Å². The normalized spacial score (nSPS) is 10.6. The minimum atomic E-state index is -0.619. The van der Waals surface area contributed by atoms with Crippen molar-refractivity contribution < 1.29 is 14.7 Å². The maximum atomic E-state index is 11.8. The number of hydrogen-bond acceptors (Lipinski definition) is 3. The summed E-state index contributed by atoms with van der Waals surface area (Å²) in [5, 5.41) is 14.5. The first kappa shape index (κ1) is 24.0. The molecule has 0 heterocycles. The fourth-order valence-corrected chi connectivity index (χ4v) is 3.12. The van der Waals surface area contributed by atoms with E-state index in [-0.39, 0.29) is 12.3 Å². The van der Waals surface area contributed by atoms with Gasteiger partial charge in [-0.05, 0) is 24.1 Å². The molecule has 1 aromatic rings. The molecule has 0 unspecified atom stereocenters. The lowest BCUT2D eigenvalue weighted by molar-refractivity contribution is -0.139. The number of benzene rings is 1. The average Bonchev–Trinajstić information content (AvgIpc) is 2.70. The van der Waals surface area contributed by atoms with Gasteiger partial charge in [0.1, 0.15) is 5.75 Å². The molecule has 0 fully saturated rings. The molecular weight excluding hydrogens is 352 g/mol. The average molecular weight is 391 g/mol. The van der Waals surface area contributed by atoms with E-state index in [4.69, 9.17) is 0 Å². The number of phenols is 1. The molecule has 1 rings (SSSR count). The Kier molecular flexibility index (Phi) is 13.7. The second-order valence-electron chi connectivity index (χ2n) is 7.49. The smallest absolute Gasteiger partial charge is 0.309 e. The Morgan fingerprint density at radius 2 is 1.18 bits per heavy atom. The number of unbranched alkanes of at least 4 members (excludes halogenated alkanes) is 11. The first-order valence-electron chi connectivity index (χ1n) is 11.0. The summed E-state index contributed by atoms with van der Waals surface area (Å²) in [5.41, 5.74) is 0.833. The van der Waals surface area contributed by atoms with E-state index >= 15 is 0 Å². The quantitative estimate of drug-likeness (QED) is 0.297. The summed E-state index contributed by atoms with van der Waals surface area (Å²) in [7, 11) is 0. The number of rotatable bonds is 15. The number of hydrogen-bond donors (Lipinski definition) is 3. The summed E-state index contributed by atoms with van der Waals surface area (Å²) < 4.78 is 0. The van der Waals surface area contributed by atoms with Gasteiger partial charge in [0.05, 0.1) is 0 Å². The van der Waals surface area contributed by atoms with Crippen LogP contribution < -0.4 is 10.6 Å². The fraction of sp³-hybridized carbons (Fsp3) is 0.652. The number of amides is 2. The van der Waals surface area contributed by atoms with Gasteiger partial charge in [0, 0.05) is 13.1 Å². The fourth-order valence-electron chi connectivity index (χ4n) is 3.12. The van der Waals surface area contributed by atoms with Crippen LogP contribution in [-0.2, 0) is 16.1 Å². The van der Waals surface area contributed by atoms with Gasteiger partial charge in [0.25, 0.3) is 0 Å². The van der Waals surface area contributed by atoms with Crippen molar-refractivity contribution in [2.45, 2.75) is 90.5 Å². The van der Waals surface area contributed by atoms with Gasteiger partial charge in [-0.1, -0.05) is 89.7 Å². The first-order valence-corrected chi connectivity index (χ1v) is 11.0. The van der Waals surface area contributed by atoms with Gasteiger partial charge >= 0.3 is 11.8 Å². The second-order valence-corrected chi connectivity index (χ2v) is 7.49. The molecule has 1 aromatic carbocycles. The summed E-state index contributed by atoms with van der Waals surface area (Å²) in [6.45, 7) is 3.06. The van der Waals surface area contributed by atoms with E-state index in [0.717, 1.165) is 18.4 Å². The molecule has 28 heavy (non-hydrogen) atoms. The monoisotopic (exact) mass is 390 g/mol. The predicted octanol–water partition coefficient (Wildman–Crippen LogP) is 4.83. The van der Waals surface area contributed by atoms with E-state index in [2.05, 4.69) is 17.6 Å². The highest BCUT2D eigenvalue weighted by Gasteiger charge is 2.11. The molecule has 158 valence electrons. The molecule has 0 aromatic heterocycles. The van der Waals surface area contributed by atoms with Gasteiger partial charge in [0.15, 0.2) is 0 Å². The van der Waals surface area contributed by atoms with E-state index in [1.54, 1.807) is 24.3 Å². The molecule has 0 aliphatic rings. The maximum absolute atomic E-state index is 11.8. The SMILES string of the molecule is CCCCCCCCCCCCCCNC(=O)C(=O)NCc1ccc(O)cc1. The second kappa shape index (κ2) is 16.0. The van der Waals surface area contributed by atoms with Crippen LogP contribution in [0.1, 0.15) is 89.5 Å². The Hall–Kier alpha value is -2.04. The standard InChI is InChI=1S/C23H38N2O3/c1-2-3-4-5-6-7-8-9-10-11-12-13-18-24-22(27)23(28)25-19-20-14-16-21(26)17-15-20/h14-17,26H,2-13,18-19H2,1H3,(H,24,27)(H,25,28). The van der Waals surface area contributed by atoms with Crippen LogP contribution in [0.15, 0.2) is 24.3 Å². The van der Waals surface area contributed by atoms with Crippen LogP contribution in [0.3, 0.4) is 0 Å². The molecule has 0 bridgehead atoms. The molecular formula is C23H38N2O3. The van der Waals surface area contributed by atoms with Crippen LogP contribution >= 0.6 is 0 Å². The lowest BCUT2D eigenvalue weighted by Crippen LogP contribution is -2.39. The zero-order valence-electron chi connectivity index (χ0n) is 17.5. The van der Waals surface area contributed by atoms with Crippen molar-refractivity contribution in [3.05, 3.63) is 29.8 Å². The largest absolute Gasteiger partial charge is 0.508 e. The topological polar surface area (TPSA) is 78.4 Å². The molecule has 0 spiro atoms. The minimum absolute atomic E-state index is 0.176. The highest BCUT2D eigenvalue weighted by atomic mass is 16.3. The van der Waals surface area contributed by atoms with Crippen molar-refractivity contribution >= 4 is 11.8 Å². The summed E-state index contributed by atoms with van der Waals surface area (Å²) in [4.78, 5) is 23.5. The molecule has 0 aliphatic heterocycles. The molecule has 3 N–H and O–H groups in total. The summed E-state index contributed by atoms with van der Waals surface area (Å²) in [6, 6.07) is 6.52. The summed E-state index contributed by atoms with van der Waals surface area (Å²) >= 11 is 0. The van der Waals surface area contributed by atoms with Gasteiger partial charge in [-0.2, -0.15) is 0 Å². The molecule has 0 saturated carbocycles. The Bertz CT molecular complexity index is 543. The molecule has 0 radical (unpaired) electrons.